The highest BCUT2D eigenvalue weighted by atomic mass is 35.5. The van der Waals surface area contributed by atoms with Gasteiger partial charge in [0.2, 0.25) is 0 Å². The van der Waals surface area contributed by atoms with Crippen LogP contribution in [0.2, 0.25) is 10.0 Å². The molecule has 1 fully saturated rings. The molecule has 6 heteroatoms. The van der Waals surface area contributed by atoms with E-state index in [1.807, 2.05) is 0 Å². The number of hydrogen-bond acceptors (Lipinski definition) is 3. The van der Waals surface area contributed by atoms with E-state index in [1.165, 1.54) is 6.07 Å². The lowest BCUT2D eigenvalue weighted by Crippen LogP contribution is -2.37. The third-order valence-corrected chi connectivity index (χ3v) is 3.86. The molecule has 98 valence electrons. The average Bonchev–Trinajstić information content (AvgIpc) is 2.85. The summed E-state index contributed by atoms with van der Waals surface area (Å²) in [4.78, 5) is 14.0. The molecule has 1 heterocycles. The Balaban J connectivity index is 2.27. The number of anilines is 1. The first-order valence-electron chi connectivity index (χ1n) is 5.60. The minimum absolute atomic E-state index is 0.0776. The molecule has 1 saturated heterocycles. The monoisotopic (exact) mass is 288 g/mol. The van der Waals surface area contributed by atoms with Crippen LogP contribution in [0.3, 0.4) is 0 Å². The zero-order valence-electron chi connectivity index (χ0n) is 9.95. The van der Waals surface area contributed by atoms with Gasteiger partial charge >= 0.3 is 0 Å². The van der Waals surface area contributed by atoms with Gasteiger partial charge in [-0.05, 0) is 18.6 Å². The van der Waals surface area contributed by atoms with Gasteiger partial charge in [-0.15, -0.1) is 0 Å². The van der Waals surface area contributed by atoms with Gasteiger partial charge in [0, 0.05) is 19.3 Å². The molecule has 0 aliphatic carbocycles. The number of ether oxygens (including phenoxy) is 1. The Morgan fingerprint density at radius 3 is 2.83 bits per heavy atom. The van der Waals surface area contributed by atoms with Gasteiger partial charge in [-0.25, -0.2) is 0 Å². The molecule has 1 aliphatic heterocycles. The zero-order valence-corrected chi connectivity index (χ0v) is 11.5. The third kappa shape index (κ3) is 2.55. The molecule has 0 radical (unpaired) electrons. The Labute approximate surface area is 116 Å². The van der Waals surface area contributed by atoms with Gasteiger partial charge in [0.15, 0.2) is 0 Å². The van der Waals surface area contributed by atoms with E-state index in [0.717, 1.165) is 6.42 Å². The van der Waals surface area contributed by atoms with E-state index in [-0.39, 0.29) is 22.0 Å². The average molecular weight is 289 g/mol. The summed E-state index contributed by atoms with van der Waals surface area (Å²) in [5, 5.41) is 0.526. The van der Waals surface area contributed by atoms with Gasteiger partial charge in [-0.2, -0.15) is 0 Å². The van der Waals surface area contributed by atoms with Crippen LogP contribution in [0.15, 0.2) is 12.1 Å². The smallest absolute Gasteiger partial charge is 0.255 e. The number of likely N-dealkylation sites (N-methyl/N-ethyl adjacent to an activating group) is 1. The van der Waals surface area contributed by atoms with E-state index >= 15 is 0 Å². The van der Waals surface area contributed by atoms with Crippen LogP contribution >= 0.6 is 23.2 Å². The molecule has 1 aromatic carbocycles. The number of benzene rings is 1. The van der Waals surface area contributed by atoms with Crippen LogP contribution in [0.5, 0.6) is 0 Å². The van der Waals surface area contributed by atoms with Crippen LogP contribution in [-0.4, -0.2) is 37.1 Å². The number of rotatable bonds is 2. The summed E-state index contributed by atoms with van der Waals surface area (Å²) in [6.07, 6.45) is 0.829. The molecule has 1 unspecified atom stereocenters. The van der Waals surface area contributed by atoms with Crippen molar-refractivity contribution in [3.8, 4) is 0 Å². The lowest BCUT2D eigenvalue weighted by molar-refractivity contribution is 0.0711. The lowest BCUT2D eigenvalue weighted by Gasteiger charge is -2.24. The normalized spacial score (nSPS) is 18.9. The van der Waals surface area contributed by atoms with E-state index in [2.05, 4.69) is 0 Å². The summed E-state index contributed by atoms with van der Waals surface area (Å²) in [7, 11) is 1.73. The van der Waals surface area contributed by atoms with Crippen molar-refractivity contribution >= 4 is 34.8 Å². The summed E-state index contributed by atoms with van der Waals surface area (Å²) in [6, 6.07) is 3.15. The molecule has 0 spiro atoms. The van der Waals surface area contributed by atoms with Gasteiger partial charge in [0.1, 0.15) is 0 Å². The largest absolute Gasteiger partial charge is 0.399 e. The maximum Gasteiger partial charge on any atom is 0.255 e. The first-order chi connectivity index (χ1) is 8.50. The number of nitrogens with zero attached hydrogens (tertiary/aromatic N) is 1. The van der Waals surface area contributed by atoms with Crippen LogP contribution < -0.4 is 5.73 Å². The van der Waals surface area contributed by atoms with Crippen molar-refractivity contribution in [1.29, 1.82) is 0 Å². The Kier molecular flexibility index (Phi) is 4.00. The molecule has 2 rings (SSSR count). The van der Waals surface area contributed by atoms with Crippen molar-refractivity contribution in [2.24, 2.45) is 0 Å². The molecular formula is C12H14Cl2N2O2. The summed E-state index contributed by atoms with van der Waals surface area (Å²) in [5.74, 6) is -0.190. The van der Waals surface area contributed by atoms with Gasteiger partial charge in [-0.1, -0.05) is 23.2 Å². The number of hydrogen-bond donors (Lipinski definition) is 1. The first-order valence-corrected chi connectivity index (χ1v) is 6.35. The van der Waals surface area contributed by atoms with E-state index in [0.29, 0.717) is 24.5 Å². The molecule has 4 nitrogen and oxygen atoms in total. The van der Waals surface area contributed by atoms with E-state index in [1.54, 1.807) is 18.0 Å². The predicted octanol–water partition coefficient (Wildman–Crippen LogP) is 2.44. The molecule has 1 aliphatic rings. The van der Waals surface area contributed by atoms with E-state index in [4.69, 9.17) is 33.7 Å². The van der Waals surface area contributed by atoms with Crippen molar-refractivity contribution in [2.75, 3.05) is 26.0 Å². The van der Waals surface area contributed by atoms with Crippen LogP contribution in [0, 0.1) is 0 Å². The SMILES string of the molecule is CN(C(=O)c1cc(N)cc(Cl)c1Cl)C1CCOC1. The van der Waals surface area contributed by atoms with Crippen molar-refractivity contribution in [3.05, 3.63) is 27.7 Å². The highest BCUT2D eigenvalue weighted by Gasteiger charge is 2.26. The topological polar surface area (TPSA) is 55.6 Å². The summed E-state index contributed by atoms with van der Waals surface area (Å²) < 4.78 is 5.26. The molecule has 0 saturated carbocycles. The fourth-order valence-corrected chi connectivity index (χ4v) is 2.37. The Bertz CT molecular complexity index is 473. The van der Waals surface area contributed by atoms with E-state index in [9.17, 15) is 4.79 Å². The molecule has 0 bridgehead atoms. The highest BCUT2D eigenvalue weighted by molar-refractivity contribution is 6.44. The molecule has 1 amide bonds. The quantitative estimate of drug-likeness (QED) is 0.851. The number of amides is 1. The number of carbonyl (C=O) groups is 1. The number of nitrogens with two attached hydrogens (primary N) is 1. The standard InChI is InChI=1S/C12H14Cl2N2O2/c1-16(8-2-3-18-6-8)12(17)9-4-7(15)5-10(13)11(9)14/h4-5,8H,2-3,6,15H2,1H3. The molecule has 2 N–H and O–H groups in total. The maximum atomic E-state index is 12.3. The summed E-state index contributed by atoms with van der Waals surface area (Å²) in [6.45, 7) is 1.23. The van der Waals surface area contributed by atoms with Crippen molar-refractivity contribution in [3.63, 3.8) is 0 Å². The molecular weight excluding hydrogens is 275 g/mol. The summed E-state index contributed by atoms with van der Waals surface area (Å²) >= 11 is 12.0. The fourth-order valence-electron chi connectivity index (χ4n) is 1.95. The van der Waals surface area contributed by atoms with Crippen molar-refractivity contribution in [1.82, 2.24) is 4.90 Å². The van der Waals surface area contributed by atoms with Crippen LogP contribution in [-0.2, 0) is 4.74 Å². The van der Waals surface area contributed by atoms with Gasteiger partial charge in [-0.3, -0.25) is 4.79 Å². The van der Waals surface area contributed by atoms with Crippen molar-refractivity contribution in [2.45, 2.75) is 12.5 Å². The molecule has 1 atom stereocenters. The second-order valence-electron chi connectivity index (χ2n) is 4.30. The second-order valence-corrected chi connectivity index (χ2v) is 5.08. The van der Waals surface area contributed by atoms with Gasteiger partial charge in [0.25, 0.3) is 5.91 Å². The summed E-state index contributed by atoms with van der Waals surface area (Å²) in [5.41, 5.74) is 6.43. The maximum absolute atomic E-state index is 12.3. The number of nitrogen functional groups attached to an aromatic ring is 1. The zero-order chi connectivity index (χ0) is 13.3. The lowest BCUT2D eigenvalue weighted by atomic mass is 10.1. The first kappa shape index (κ1) is 13.5. The van der Waals surface area contributed by atoms with Gasteiger partial charge in [0.05, 0.1) is 28.3 Å². The number of carbonyl (C=O) groups excluding carboxylic acids is 1. The highest BCUT2D eigenvalue weighted by Crippen LogP contribution is 2.30. The second kappa shape index (κ2) is 5.34. The minimum Gasteiger partial charge on any atom is -0.399 e. The Hall–Kier alpha value is -0.970. The third-order valence-electron chi connectivity index (χ3n) is 3.05. The Morgan fingerprint density at radius 1 is 1.50 bits per heavy atom. The fraction of sp³-hybridized carbons (Fsp3) is 0.417. The number of halogens is 2. The van der Waals surface area contributed by atoms with Gasteiger partial charge < -0.3 is 15.4 Å². The Morgan fingerprint density at radius 2 is 2.22 bits per heavy atom. The molecule has 18 heavy (non-hydrogen) atoms. The van der Waals surface area contributed by atoms with Crippen molar-refractivity contribution < 1.29 is 9.53 Å². The predicted molar refractivity (Wildman–Crippen MR) is 72.2 cm³/mol. The molecule has 0 aromatic heterocycles. The van der Waals surface area contributed by atoms with E-state index < -0.39 is 0 Å². The molecule has 1 aromatic rings. The van der Waals surface area contributed by atoms with Crippen LogP contribution in [0.25, 0.3) is 0 Å². The van der Waals surface area contributed by atoms with Crippen LogP contribution in [0.1, 0.15) is 16.8 Å². The van der Waals surface area contributed by atoms with Crippen LogP contribution in [0.4, 0.5) is 5.69 Å². The minimum atomic E-state index is -0.190.